The molecule has 0 spiro atoms. The monoisotopic (exact) mass is 439 g/mol. The van der Waals surface area contributed by atoms with Crippen molar-refractivity contribution in [3.05, 3.63) is 22.2 Å². The van der Waals surface area contributed by atoms with Crippen LogP contribution in [0.1, 0.15) is 30.1 Å². The third-order valence-corrected chi connectivity index (χ3v) is 6.07. The van der Waals surface area contributed by atoms with Crippen LogP contribution in [0.2, 0.25) is 0 Å². The van der Waals surface area contributed by atoms with Crippen molar-refractivity contribution in [3.8, 4) is 11.5 Å². The summed E-state index contributed by atoms with van der Waals surface area (Å²) in [7, 11) is 3.79. The van der Waals surface area contributed by atoms with Crippen molar-refractivity contribution in [2.45, 2.75) is 25.8 Å². The summed E-state index contributed by atoms with van der Waals surface area (Å²) in [5, 5.41) is 0. The third-order valence-electron chi connectivity index (χ3n) is 5.48. The summed E-state index contributed by atoms with van der Waals surface area (Å²) in [6, 6.07) is 4.24. The van der Waals surface area contributed by atoms with Crippen molar-refractivity contribution in [3.63, 3.8) is 0 Å². The molecule has 2 saturated heterocycles. The minimum absolute atomic E-state index is 0.0532. The number of benzene rings is 1. The van der Waals surface area contributed by atoms with Crippen LogP contribution in [0.25, 0.3) is 0 Å². The molecular formula is C20H30BrN3O3. The number of hydrogen-bond donors (Lipinski definition) is 0. The van der Waals surface area contributed by atoms with Gasteiger partial charge in [0.1, 0.15) is 0 Å². The van der Waals surface area contributed by atoms with Gasteiger partial charge in [0.2, 0.25) is 0 Å². The lowest BCUT2D eigenvalue weighted by atomic mass is 10.0. The molecule has 150 valence electrons. The van der Waals surface area contributed by atoms with Crippen LogP contribution in [-0.2, 0) is 0 Å². The second kappa shape index (κ2) is 9.26. The van der Waals surface area contributed by atoms with Gasteiger partial charge in [-0.05, 0) is 61.4 Å². The van der Waals surface area contributed by atoms with E-state index >= 15 is 0 Å². The van der Waals surface area contributed by atoms with Crippen LogP contribution in [-0.4, -0.2) is 86.7 Å². The fourth-order valence-corrected chi connectivity index (χ4v) is 4.59. The number of halogens is 1. The summed E-state index contributed by atoms with van der Waals surface area (Å²) in [6.07, 6.45) is 2.53. The van der Waals surface area contributed by atoms with Gasteiger partial charge in [-0.3, -0.25) is 9.69 Å². The lowest BCUT2D eigenvalue weighted by Crippen LogP contribution is -2.55. The molecule has 3 rings (SSSR count). The Balaban J connectivity index is 1.64. The number of carbonyl (C=O) groups excluding carboxylic acids is 1. The highest BCUT2D eigenvalue weighted by molar-refractivity contribution is 9.10. The average molecular weight is 440 g/mol. The van der Waals surface area contributed by atoms with Crippen molar-refractivity contribution in [1.29, 1.82) is 0 Å². The molecule has 0 saturated carbocycles. The number of hydrogen-bond acceptors (Lipinski definition) is 5. The molecule has 0 N–H and O–H groups in total. The van der Waals surface area contributed by atoms with E-state index in [1.165, 1.54) is 19.4 Å². The van der Waals surface area contributed by atoms with E-state index in [1.54, 1.807) is 13.2 Å². The normalized spacial score (nSPS) is 21.9. The number of piperidine rings is 1. The van der Waals surface area contributed by atoms with Gasteiger partial charge in [-0.15, -0.1) is 0 Å². The second-order valence-electron chi connectivity index (χ2n) is 7.31. The molecule has 2 heterocycles. The highest BCUT2D eigenvalue weighted by Crippen LogP contribution is 2.37. The number of rotatable bonds is 5. The summed E-state index contributed by atoms with van der Waals surface area (Å²) in [4.78, 5) is 19.9. The Morgan fingerprint density at radius 3 is 2.59 bits per heavy atom. The van der Waals surface area contributed by atoms with Crippen molar-refractivity contribution in [2.75, 3.05) is 60.0 Å². The number of likely N-dealkylation sites (N-methyl/N-ethyl adjacent to an activating group) is 1. The first-order chi connectivity index (χ1) is 13.0. The van der Waals surface area contributed by atoms with Crippen molar-refractivity contribution in [1.82, 2.24) is 14.7 Å². The van der Waals surface area contributed by atoms with Crippen LogP contribution >= 0.6 is 15.9 Å². The smallest absolute Gasteiger partial charge is 0.254 e. The Kier molecular flexibility index (Phi) is 7.00. The Bertz CT molecular complexity index is 662. The zero-order chi connectivity index (χ0) is 19.4. The predicted molar refractivity (Wildman–Crippen MR) is 110 cm³/mol. The first-order valence-electron chi connectivity index (χ1n) is 9.75. The molecule has 0 radical (unpaired) electrons. The molecule has 0 aliphatic carbocycles. The topological polar surface area (TPSA) is 45.2 Å². The van der Waals surface area contributed by atoms with Gasteiger partial charge < -0.3 is 19.3 Å². The van der Waals surface area contributed by atoms with E-state index in [-0.39, 0.29) is 5.91 Å². The van der Waals surface area contributed by atoms with Crippen LogP contribution < -0.4 is 9.47 Å². The second-order valence-corrected chi connectivity index (χ2v) is 8.16. The van der Waals surface area contributed by atoms with Gasteiger partial charge in [0.25, 0.3) is 5.91 Å². The minimum Gasteiger partial charge on any atom is -0.493 e. The van der Waals surface area contributed by atoms with Gasteiger partial charge in [0.05, 0.1) is 18.2 Å². The zero-order valence-corrected chi connectivity index (χ0v) is 18.1. The number of piperazine rings is 1. The Hall–Kier alpha value is -1.31. The largest absolute Gasteiger partial charge is 0.493 e. The first-order valence-corrected chi connectivity index (χ1v) is 10.5. The predicted octanol–water partition coefficient (Wildman–Crippen LogP) is 2.71. The molecule has 27 heavy (non-hydrogen) atoms. The molecule has 2 aliphatic heterocycles. The standard InChI is InChI=1S/C20H30BrN3O3/c1-4-27-19-17(21)12-15(13-18(19)26-3)20(25)24-10-8-23(9-11-24)16-6-5-7-22(2)14-16/h12-13,16H,4-11,14H2,1-3H3. The van der Waals surface area contributed by atoms with E-state index in [1.807, 2.05) is 17.9 Å². The number of ether oxygens (including phenoxy) is 2. The molecule has 1 unspecified atom stereocenters. The highest BCUT2D eigenvalue weighted by Gasteiger charge is 2.29. The minimum atomic E-state index is 0.0532. The van der Waals surface area contributed by atoms with E-state index in [2.05, 4.69) is 32.8 Å². The Morgan fingerprint density at radius 2 is 1.96 bits per heavy atom. The van der Waals surface area contributed by atoms with Gasteiger partial charge in [-0.1, -0.05) is 0 Å². The summed E-state index contributed by atoms with van der Waals surface area (Å²) >= 11 is 3.51. The Morgan fingerprint density at radius 1 is 1.22 bits per heavy atom. The van der Waals surface area contributed by atoms with Gasteiger partial charge in [-0.25, -0.2) is 0 Å². The van der Waals surface area contributed by atoms with Crippen molar-refractivity contribution in [2.24, 2.45) is 0 Å². The molecule has 0 aromatic heterocycles. The molecular weight excluding hydrogens is 410 g/mol. The molecule has 2 aliphatic rings. The maximum atomic E-state index is 13.0. The lowest BCUT2D eigenvalue weighted by molar-refractivity contribution is 0.0452. The fourth-order valence-electron chi connectivity index (χ4n) is 4.04. The zero-order valence-electron chi connectivity index (χ0n) is 16.5. The van der Waals surface area contributed by atoms with Gasteiger partial charge in [-0.2, -0.15) is 0 Å². The average Bonchev–Trinajstić information content (AvgIpc) is 2.69. The number of likely N-dealkylation sites (tertiary alicyclic amines) is 1. The molecule has 2 fully saturated rings. The summed E-state index contributed by atoms with van der Waals surface area (Å²) in [5.74, 6) is 1.28. The van der Waals surface area contributed by atoms with E-state index in [0.29, 0.717) is 29.7 Å². The quantitative estimate of drug-likeness (QED) is 0.705. The SMILES string of the molecule is CCOc1c(Br)cc(C(=O)N2CCN(C3CCCN(C)C3)CC2)cc1OC. The summed E-state index contributed by atoms with van der Waals surface area (Å²) in [6.45, 7) is 8.23. The molecule has 7 heteroatoms. The number of carbonyl (C=O) groups is 1. The molecule has 6 nitrogen and oxygen atoms in total. The van der Waals surface area contributed by atoms with Crippen LogP contribution in [0.5, 0.6) is 11.5 Å². The third kappa shape index (κ3) is 4.76. The molecule has 1 aromatic carbocycles. The number of methoxy groups -OCH3 is 1. The van der Waals surface area contributed by atoms with Crippen molar-refractivity contribution < 1.29 is 14.3 Å². The number of amides is 1. The van der Waals surface area contributed by atoms with E-state index in [9.17, 15) is 4.79 Å². The highest BCUT2D eigenvalue weighted by atomic mass is 79.9. The summed E-state index contributed by atoms with van der Waals surface area (Å²) in [5.41, 5.74) is 0.632. The first kappa shape index (κ1) is 20.4. The van der Waals surface area contributed by atoms with E-state index in [0.717, 1.165) is 37.2 Å². The number of nitrogens with zero attached hydrogens (tertiary/aromatic N) is 3. The van der Waals surface area contributed by atoms with Gasteiger partial charge in [0, 0.05) is 44.3 Å². The molecule has 1 amide bonds. The van der Waals surface area contributed by atoms with Gasteiger partial charge >= 0.3 is 0 Å². The lowest BCUT2D eigenvalue weighted by Gasteiger charge is -2.42. The van der Waals surface area contributed by atoms with Gasteiger partial charge in [0.15, 0.2) is 11.5 Å². The van der Waals surface area contributed by atoms with Crippen LogP contribution in [0.15, 0.2) is 16.6 Å². The van der Waals surface area contributed by atoms with Crippen LogP contribution in [0, 0.1) is 0 Å². The fraction of sp³-hybridized carbons (Fsp3) is 0.650. The van der Waals surface area contributed by atoms with Crippen molar-refractivity contribution >= 4 is 21.8 Å². The molecule has 1 atom stereocenters. The van der Waals surface area contributed by atoms with Crippen LogP contribution in [0.4, 0.5) is 0 Å². The van der Waals surface area contributed by atoms with E-state index in [4.69, 9.17) is 9.47 Å². The molecule has 1 aromatic rings. The maximum absolute atomic E-state index is 13.0. The maximum Gasteiger partial charge on any atom is 0.254 e. The van der Waals surface area contributed by atoms with E-state index < -0.39 is 0 Å². The van der Waals surface area contributed by atoms with Crippen LogP contribution in [0.3, 0.4) is 0 Å². The Labute approximate surface area is 170 Å². The molecule has 0 bridgehead atoms. The summed E-state index contributed by atoms with van der Waals surface area (Å²) < 4.78 is 11.8.